The number of halogens is 3. The molecule has 206 valence electrons. The molecule has 1 aliphatic rings. The van der Waals surface area contributed by atoms with E-state index in [1.54, 1.807) is 6.07 Å². The van der Waals surface area contributed by atoms with Crippen molar-refractivity contribution in [2.75, 3.05) is 32.5 Å². The molecule has 10 heteroatoms. The quantitative estimate of drug-likeness (QED) is 0.354. The smallest absolute Gasteiger partial charge is 0.406 e. The second-order valence-corrected chi connectivity index (χ2v) is 11.3. The molecule has 2 N–H and O–H groups in total. The molecule has 3 aromatic rings. The molecule has 2 atom stereocenters. The summed E-state index contributed by atoms with van der Waals surface area (Å²) in [5.74, 6) is 0.661. The second-order valence-electron chi connectivity index (χ2n) is 11.3. The molecule has 0 bridgehead atoms. The van der Waals surface area contributed by atoms with Crippen molar-refractivity contribution in [2.24, 2.45) is 11.3 Å². The van der Waals surface area contributed by atoms with E-state index in [0.717, 1.165) is 31.3 Å². The standard InChI is InChI=1S/C28H36F3N5O2/c1-18-14-21(17-27(2,3)16-18)36-24-11-6-19(25(37)32-12-13-35(4)5)15-23(24)34-26(36)33-20-7-9-22(10-8-20)38-28(29,30)31/h6-11,15,18,21H,12-14,16-17H2,1-5H3,(H,32,37)(H,33,34)/t18-,21+/m0/s1. The van der Waals surface area contributed by atoms with Gasteiger partial charge >= 0.3 is 6.36 Å². The predicted octanol–water partition coefficient (Wildman–Crippen LogP) is 6.36. The number of ether oxygens (including phenoxy) is 1. The lowest BCUT2D eigenvalue weighted by atomic mass is 9.70. The van der Waals surface area contributed by atoms with Crippen molar-refractivity contribution in [2.45, 2.75) is 52.4 Å². The van der Waals surface area contributed by atoms with Crippen LogP contribution in [0.15, 0.2) is 42.5 Å². The summed E-state index contributed by atoms with van der Waals surface area (Å²) in [6.45, 7) is 8.08. The Morgan fingerprint density at radius 3 is 2.50 bits per heavy atom. The number of imidazole rings is 1. The lowest BCUT2D eigenvalue weighted by molar-refractivity contribution is -0.274. The molecule has 1 fully saturated rings. The van der Waals surface area contributed by atoms with E-state index in [0.29, 0.717) is 35.2 Å². The maximum absolute atomic E-state index is 12.7. The van der Waals surface area contributed by atoms with Crippen molar-refractivity contribution in [3.8, 4) is 5.75 Å². The zero-order valence-corrected chi connectivity index (χ0v) is 22.5. The van der Waals surface area contributed by atoms with Crippen molar-refractivity contribution in [3.05, 3.63) is 48.0 Å². The van der Waals surface area contributed by atoms with Crippen molar-refractivity contribution >= 4 is 28.6 Å². The van der Waals surface area contributed by atoms with Crippen LogP contribution >= 0.6 is 0 Å². The molecule has 2 aromatic carbocycles. The minimum Gasteiger partial charge on any atom is -0.406 e. The van der Waals surface area contributed by atoms with Crippen molar-refractivity contribution in [1.29, 1.82) is 0 Å². The average Bonchev–Trinajstić information content (AvgIpc) is 3.14. The zero-order valence-electron chi connectivity index (χ0n) is 22.5. The Bertz CT molecular complexity index is 1270. The molecular formula is C28H36F3N5O2. The predicted molar refractivity (Wildman–Crippen MR) is 143 cm³/mol. The zero-order chi connectivity index (χ0) is 27.7. The third kappa shape index (κ3) is 6.98. The van der Waals surface area contributed by atoms with Crippen molar-refractivity contribution in [3.63, 3.8) is 0 Å². The third-order valence-electron chi connectivity index (χ3n) is 6.87. The number of nitrogens with one attached hydrogen (secondary N) is 2. The Labute approximate surface area is 221 Å². The van der Waals surface area contributed by atoms with Crippen LogP contribution in [0.25, 0.3) is 11.0 Å². The maximum atomic E-state index is 12.7. The number of carbonyl (C=O) groups is 1. The molecule has 1 amide bonds. The largest absolute Gasteiger partial charge is 0.573 e. The second kappa shape index (κ2) is 10.8. The molecular weight excluding hydrogens is 495 g/mol. The molecule has 0 unspecified atom stereocenters. The highest BCUT2D eigenvalue weighted by Crippen LogP contribution is 2.46. The highest BCUT2D eigenvalue weighted by Gasteiger charge is 2.35. The summed E-state index contributed by atoms with van der Waals surface area (Å²) in [6.07, 6.45) is -1.67. The van der Waals surface area contributed by atoms with Crippen LogP contribution in [0.5, 0.6) is 5.75 Å². The lowest BCUT2D eigenvalue weighted by Crippen LogP contribution is -2.31. The summed E-state index contributed by atoms with van der Waals surface area (Å²) in [5.41, 5.74) is 2.85. The molecule has 1 saturated carbocycles. The average molecular weight is 532 g/mol. The SMILES string of the molecule is C[C@H]1C[C@@H](n2c(Nc3ccc(OC(F)(F)F)cc3)nc3cc(C(=O)NCCN(C)C)ccc32)CC(C)(C)C1. The van der Waals surface area contributed by atoms with Crippen LogP contribution in [0.1, 0.15) is 56.4 Å². The molecule has 4 rings (SSSR count). The molecule has 1 aliphatic carbocycles. The van der Waals surface area contributed by atoms with Crippen LogP contribution in [0.4, 0.5) is 24.8 Å². The number of fused-ring (bicyclic) bond motifs is 1. The molecule has 0 aliphatic heterocycles. The maximum Gasteiger partial charge on any atom is 0.573 e. The third-order valence-corrected chi connectivity index (χ3v) is 6.87. The number of amides is 1. The Hall–Kier alpha value is -3.27. The van der Waals surface area contributed by atoms with Crippen LogP contribution < -0.4 is 15.4 Å². The van der Waals surface area contributed by atoms with Gasteiger partial charge in [-0.1, -0.05) is 20.8 Å². The fraction of sp³-hybridized carbons (Fsp3) is 0.500. The first kappa shape index (κ1) is 27.8. The van der Waals surface area contributed by atoms with Crippen molar-refractivity contribution < 1.29 is 22.7 Å². The van der Waals surface area contributed by atoms with E-state index in [1.807, 2.05) is 31.1 Å². The van der Waals surface area contributed by atoms with E-state index >= 15 is 0 Å². The van der Waals surface area contributed by atoms with Gasteiger partial charge in [-0.15, -0.1) is 13.2 Å². The highest BCUT2D eigenvalue weighted by molar-refractivity contribution is 5.97. The monoisotopic (exact) mass is 531 g/mol. The van der Waals surface area contributed by atoms with Gasteiger partial charge in [0.15, 0.2) is 0 Å². The summed E-state index contributed by atoms with van der Waals surface area (Å²) < 4.78 is 43.9. The lowest BCUT2D eigenvalue weighted by Gasteiger charge is -2.40. The van der Waals surface area contributed by atoms with Crippen molar-refractivity contribution in [1.82, 2.24) is 19.8 Å². The fourth-order valence-corrected chi connectivity index (χ4v) is 5.55. The van der Waals surface area contributed by atoms with Gasteiger partial charge in [-0.25, -0.2) is 4.98 Å². The number of hydrogen-bond acceptors (Lipinski definition) is 5. The topological polar surface area (TPSA) is 71.4 Å². The van der Waals surface area contributed by atoms with Gasteiger partial charge in [0.2, 0.25) is 5.95 Å². The molecule has 1 heterocycles. The van der Waals surface area contributed by atoms with Gasteiger partial charge in [-0.2, -0.15) is 0 Å². The first-order chi connectivity index (χ1) is 17.8. The first-order valence-corrected chi connectivity index (χ1v) is 12.9. The molecule has 0 saturated heterocycles. The van der Waals surface area contributed by atoms with E-state index in [9.17, 15) is 18.0 Å². The number of carbonyl (C=O) groups excluding carboxylic acids is 1. The van der Waals surface area contributed by atoms with Gasteiger partial charge in [0.1, 0.15) is 5.75 Å². The van der Waals surface area contributed by atoms with E-state index in [1.165, 1.54) is 24.3 Å². The molecule has 7 nitrogen and oxygen atoms in total. The number of likely N-dealkylation sites (N-methyl/N-ethyl adjacent to an activating group) is 1. The fourth-order valence-electron chi connectivity index (χ4n) is 5.55. The van der Waals surface area contributed by atoms with Crippen LogP contribution in [0.2, 0.25) is 0 Å². The van der Waals surface area contributed by atoms with Gasteiger partial charge in [0, 0.05) is 30.4 Å². The summed E-state index contributed by atoms with van der Waals surface area (Å²) in [6, 6.07) is 11.3. The Morgan fingerprint density at radius 1 is 1.16 bits per heavy atom. The van der Waals surface area contributed by atoms with E-state index < -0.39 is 6.36 Å². The van der Waals surface area contributed by atoms with Gasteiger partial charge < -0.3 is 24.8 Å². The molecule has 0 spiro atoms. The Balaban J connectivity index is 1.67. The number of aromatic nitrogens is 2. The van der Waals surface area contributed by atoms with E-state index in [2.05, 4.69) is 40.7 Å². The van der Waals surface area contributed by atoms with Crippen LogP contribution in [0.3, 0.4) is 0 Å². The highest BCUT2D eigenvalue weighted by atomic mass is 19.4. The minimum absolute atomic E-state index is 0.152. The summed E-state index contributed by atoms with van der Waals surface area (Å²) >= 11 is 0. The summed E-state index contributed by atoms with van der Waals surface area (Å²) in [7, 11) is 3.90. The summed E-state index contributed by atoms with van der Waals surface area (Å²) in [4.78, 5) is 19.6. The first-order valence-electron chi connectivity index (χ1n) is 12.9. The number of alkyl halides is 3. The van der Waals surface area contributed by atoms with Crippen LogP contribution in [-0.2, 0) is 0 Å². The number of benzene rings is 2. The van der Waals surface area contributed by atoms with Crippen LogP contribution in [-0.4, -0.2) is 53.9 Å². The van der Waals surface area contributed by atoms with Gasteiger partial charge in [-0.3, -0.25) is 4.79 Å². The van der Waals surface area contributed by atoms with E-state index in [4.69, 9.17) is 4.98 Å². The Kier molecular flexibility index (Phi) is 7.92. The van der Waals surface area contributed by atoms with Gasteiger partial charge in [-0.05, 0) is 87.2 Å². The molecule has 1 aromatic heterocycles. The number of rotatable bonds is 8. The molecule has 38 heavy (non-hydrogen) atoms. The van der Waals surface area contributed by atoms with Gasteiger partial charge in [0.25, 0.3) is 5.91 Å². The summed E-state index contributed by atoms with van der Waals surface area (Å²) in [5, 5.41) is 6.23. The van der Waals surface area contributed by atoms with E-state index in [-0.39, 0.29) is 23.1 Å². The normalized spacial score (nSPS) is 19.5. The van der Waals surface area contributed by atoms with Crippen LogP contribution in [0, 0.1) is 11.3 Å². The Morgan fingerprint density at radius 2 is 1.87 bits per heavy atom. The number of anilines is 2. The van der Waals surface area contributed by atoms with Gasteiger partial charge in [0.05, 0.1) is 11.0 Å². The number of hydrogen-bond donors (Lipinski definition) is 2. The number of nitrogens with zero attached hydrogens (tertiary/aromatic N) is 3. The minimum atomic E-state index is -4.75. The molecule has 0 radical (unpaired) electrons.